The van der Waals surface area contributed by atoms with Crippen LogP contribution < -0.4 is 10.1 Å². The van der Waals surface area contributed by atoms with Crippen molar-refractivity contribution in [3.05, 3.63) is 42.2 Å². The summed E-state index contributed by atoms with van der Waals surface area (Å²) in [5.41, 5.74) is 1.17. The van der Waals surface area contributed by atoms with Crippen LogP contribution in [0.25, 0.3) is 0 Å². The van der Waals surface area contributed by atoms with E-state index in [2.05, 4.69) is 17.2 Å². The molecule has 0 saturated heterocycles. The van der Waals surface area contributed by atoms with Crippen molar-refractivity contribution >= 4 is 17.7 Å². The fourth-order valence-electron chi connectivity index (χ4n) is 2.13. The molecule has 0 radical (unpaired) electrons. The Hall–Kier alpha value is -1.95. The first-order valence-corrected chi connectivity index (χ1v) is 8.60. The van der Waals surface area contributed by atoms with E-state index in [0.717, 1.165) is 23.9 Å². The number of aromatic nitrogens is 2. The molecule has 1 aromatic heterocycles. The number of nitrogens with one attached hydrogen (secondary N) is 1. The lowest BCUT2D eigenvalue weighted by molar-refractivity contribution is -0.120. The molecule has 124 valence electrons. The van der Waals surface area contributed by atoms with Crippen molar-refractivity contribution in [3.63, 3.8) is 0 Å². The van der Waals surface area contributed by atoms with Crippen LogP contribution in [0.1, 0.15) is 19.4 Å². The van der Waals surface area contributed by atoms with Gasteiger partial charge in [-0.15, -0.1) is 0 Å². The molecule has 0 spiro atoms. The Morgan fingerprint density at radius 3 is 2.78 bits per heavy atom. The maximum absolute atomic E-state index is 12.2. The molecule has 0 aliphatic rings. The SMILES string of the molecule is CCn1ccnc1S[C@H](C)C(=O)NCCc1ccc(OC)cc1. The van der Waals surface area contributed by atoms with Gasteiger partial charge in [0.15, 0.2) is 5.16 Å². The minimum atomic E-state index is -0.168. The van der Waals surface area contributed by atoms with Gasteiger partial charge < -0.3 is 14.6 Å². The third kappa shape index (κ3) is 5.03. The molecule has 6 heteroatoms. The van der Waals surface area contributed by atoms with Crippen molar-refractivity contribution in [1.82, 2.24) is 14.9 Å². The van der Waals surface area contributed by atoms with Gasteiger partial charge in [-0.05, 0) is 38.0 Å². The van der Waals surface area contributed by atoms with Gasteiger partial charge in [0.05, 0.1) is 12.4 Å². The van der Waals surface area contributed by atoms with Crippen LogP contribution in [-0.2, 0) is 17.8 Å². The molecule has 2 aromatic rings. The monoisotopic (exact) mass is 333 g/mol. The Balaban J connectivity index is 1.77. The summed E-state index contributed by atoms with van der Waals surface area (Å²) in [6.07, 6.45) is 4.49. The first-order valence-electron chi connectivity index (χ1n) is 7.72. The molecule has 0 unspecified atom stereocenters. The second kappa shape index (κ2) is 8.62. The van der Waals surface area contributed by atoms with Crippen LogP contribution in [0.2, 0.25) is 0 Å². The zero-order valence-electron chi connectivity index (χ0n) is 13.8. The fraction of sp³-hybridized carbons (Fsp3) is 0.412. The molecular weight excluding hydrogens is 310 g/mol. The molecule has 1 atom stereocenters. The molecule has 5 nitrogen and oxygen atoms in total. The number of amides is 1. The van der Waals surface area contributed by atoms with Crippen molar-refractivity contribution in [2.45, 2.75) is 37.2 Å². The van der Waals surface area contributed by atoms with Gasteiger partial charge in [-0.2, -0.15) is 0 Å². The number of thioether (sulfide) groups is 1. The van der Waals surface area contributed by atoms with Crippen molar-refractivity contribution in [2.24, 2.45) is 0 Å². The second-order valence-corrected chi connectivity index (χ2v) is 6.45. The number of imidazole rings is 1. The lowest BCUT2D eigenvalue weighted by atomic mass is 10.1. The van der Waals surface area contributed by atoms with Crippen LogP contribution in [0.15, 0.2) is 41.8 Å². The highest BCUT2D eigenvalue weighted by molar-refractivity contribution is 8.00. The Kier molecular flexibility index (Phi) is 6.52. The average molecular weight is 333 g/mol. The normalized spacial score (nSPS) is 12.0. The molecule has 0 saturated carbocycles. The smallest absolute Gasteiger partial charge is 0.233 e. The number of methoxy groups -OCH3 is 1. The van der Waals surface area contributed by atoms with E-state index in [0.29, 0.717) is 6.54 Å². The Morgan fingerprint density at radius 1 is 1.39 bits per heavy atom. The number of benzene rings is 1. The molecule has 1 aromatic carbocycles. The fourth-order valence-corrected chi connectivity index (χ4v) is 3.09. The van der Waals surface area contributed by atoms with Crippen LogP contribution in [0.3, 0.4) is 0 Å². The maximum Gasteiger partial charge on any atom is 0.233 e. The molecule has 0 fully saturated rings. The van der Waals surface area contributed by atoms with Gasteiger partial charge in [0.25, 0.3) is 0 Å². The van der Waals surface area contributed by atoms with Crippen LogP contribution >= 0.6 is 11.8 Å². The van der Waals surface area contributed by atoms with Crippen LogP contribution in [0.5, 0.6) is 5.75 Å². The minimum absolute atomic E-state index is 0.0363. The second-order valence-electron chi connectivity index (χ2n) is 5.15. The number of hydrogen-bond donors (Lipinski definition) is 1. The van der Waals surface area contributed by atoms with E-state index in [1.807, 2.05) is 42.0 Å². The van der Waals surface area contributed by atoms with E-state index in [1.165, 1.54) is 17.3 Å². The third-order valence-electron chi connectivity index (χ3n) is 3.54. The summed E-state index contributed by atoms with van der Waals surface area (Å²) in [5, 5.41) is 3.69. The minimum Gasteiger partial charge on any atom is -0.497 e. The van der Waals surface area contributed by atoms with Crippen molar-refractivity contribution < 1.29 is 9.53 Å². The van der Waals surface area contributed by atoms with Crippen LogP contribution in [-0.4, -0.2) is 34.4 Å². The summed E-state index contributed by atoms with van der Waals surface area (Å²) < 4.78 is 7.17. The molecule has 23 heavy (non-hydrogen) atoms. The maximum atomic E-state index is 12.2. The lowest BCUT2D eigenvalue weighted by Gasteiger charge is -2.12. The molecule has 0 aliphatic carbocycles. The highest BCUT2D eigenvalue weighted by atomic mass is 32.2. The van der Waals surface area contributed by atoms with Crippen LogP contribution in [0, 0.1) is 0 Å². The van der Waals surface area contributed by atoms with E-state index >= 15 is 0 Å². The molecular formula is C17H23N3O2S. The quantitative estimate of drug-likeness (QED) is 0.755. The number of aryl methyl sites for hydroxylation is 1. The molecule has 1 heterocycles. The van der Waals surface area contributed by atoms with Crippen molar-refractivity contribution in [3.8, 4) is 5.75 Å². The highest BCUT2D eigenvalue weighted by Gasteiger charge is 2.16. The summed E-state index contributed by atoms with van der Waals surface area (Å²) in [6.45, 7) is 5.44. The van der Waals surface area contributed by atoms with E-state index in [4.69, 9.17) is 4.74 Å². The van der Waals surface area contributed by atoms with Gasteiger partial charge >= 0.3 is 0 Å². The Bertz CT molecular complexity index is 625. The van der Waals surface area contributed by atoms with Gasteiger partial charge in [-0.1, -0.05) is 23.9 Å². The molecule has 1 N–H and O–H groups in total. The Labute approximate surface area is 141 Å². The summed E-state index contributed by atoms with van der Waals surface area (Å²) >= 11 is 1.48. The van der Waals surface area contributed by atoms with Gasteiger partial charge in [0.2, 0.25) is 5.91 Å². The van der Waals surface area contributed by atoms with Gasteiger partial charge in [-0.25, -0.2) is 4.98 Å². The predicted molar refractivity (Wildman–Crippen MR) is 92.9 cm³/mol. The number of carbonyl (C=O) groups is 1. The number of ether oxygens (including phenoxy) is 1. The summed E-state index contributed by atoms with van der Waals surface area (Å²) in [5.74, 6) is 0.878. The van der Waals surface area contributed by atoms with Gasteiger partial charge in [0.1, 0.15) is 5.75 Å². The first-order chi connectivity index (χ1) is 11.1. The summed E-state index contributed by atoms with van der Waals surface area (Å²) in [7, 11) is 1.65. The summed E-state index contributed by atoms with van der Waals surface area (Å²) in [6, 6.07) is 7.89. The predicted octanol–water partition coefficient (Wildman–Crippen LogP) is 2.75. The number of rotatable bonds is 8. The third-order valence-corrected chi connectivity index (χ3v) is 4.66. The van der Waals surface area contributed by atoms with Gasteiger partial charge in [-0.3, -0.25) is 4.79 Å². The van der Waals surface area contributed by atoms with E-state index < -0.39 is 0 Å². The summed E-state index contributed by atoms with van der Waals surface area (Å²) in [4.78, 5) is 16.5. The molecule has 0 bridgehead atoms. The number of hydrogen-bond acceptors (Lipinski definition) is 4. The standard InChI is InChI=1S/C17H23N3O2S/c1-4-20-12-11-19-17(20)23-13(2)16(21)18-10-9-14-5-7-15(22-3)8-6-14/h5-8,11-13H,4,9-10H2,1-3H3,(H,18,21)/t13-/m1/s1. The molecule has 2 rings (SSSR count). The van der Waals surface area contributed by atoms with E-state index in [1.54, 1.807) is 13.3 Å². The van der Waals surface area contributed by atoms with Crippen molar-refractivity contribution in [1.29, 1.82) is 0 Å². The van der Waals surface area contributed by atoms with Crippen LogP contribution in [0.4, 0.5) is 0 Å². The Morgan fingerprint density at radius 2 is 2.13 bits per heavy atom. The largest absolute Gasteiger partial charge is 0.497 e. The van der Waals surface area contributed by atoms with Gasteiger partial charge in [0, 0.05) is 25.5 Å². The van der Waals surface area contributed by atoms with Crippen molar-refractivity contribution in [2.75, 3.05) is 13.7 Å². The average Bonchev–Trinajstić information content (AvgIpc) is 3.02. The number of carbonyl (C=O) groups excluding carboxylic acids is 1. The molecule has 1 amide bonds. The highest BCUT2D eigenvalue weighted by Crippen LogP contribution is 2.21. The van der Waals surface area contributed by atoms with E-state index in [9.17, 15) is 4.79 Å². The zero-order chi connectivity index (χ0) is 16.7. The number of nitrogens with zero attached hydrogens (tertiary/aromatic N) is 2. The van der Waals surface area contributed by atoms with E-state index in [-0.39, 0.29) is 11.2 Å². The topological polar surface area (TPSA) is 56.2 Å². The lowest BCUT2D eigenvalue weighted by Crippen LogP contribution is -2.32. The zero-order valence-corrected chi connectivity index (χ0v) is 14.6. The molecule has 0 aliphatic heterocycles. The first kappa shape index (κ1) is 17.4.